The SMILES string of the molecule is [O-][Cl+3]([O-])([O-])[O-].c1ccc2c(c1)C1CC(c3cncs3)(c3cncs3)C2c2cccc[n+]21. The highest BCUT2D eigenvalue weighted by molar-refractivity contribution is 7.11. The summed E-state index contributed by atoms with van der Waals surface area (Å²) in [7, 11) is -4.94. The molecule has 10 heteroatoms. The van der Waals surface area contributed by atoms with Crippen LogP contribution in [0.3, 0.4) is 0 Å². The van der Waals surface area contributed by atoms with E-state index in [0.29, 0.717) is 6.04 Å². The molecule has 31 heavy (non-hydrogen) atoms. The van der Waals surface area contributed by atoms with E-state index in [4.69, 9.17) is 18.6 Å². The zero-order chi connectivity index (χ0) is 21.6. The Bertz CT molecular complexity index is 1110. The highest BCUT2D eigenvalue weighted by Crippen LogP contribution is 2.60. The van der Waals surface area contributed by atoms with Crippen LogP contribution in [0.25, 0.3) is 0 Å². The Labute approximate surface area is 188 Å². The molecule has 7 rings (SSSR count). The van der Waals surface area contributed by atoms with Gasteiger partial charge >= 0.3 is 0 Å². The molecule has 0 N–H and O–H groups in total. The first-order valence-corrected chi connectivity index (χ1v) is 12.4. The van der Waals surface area contributed by atoms with Gasteiger partial charge in [-0.15, -0.1) is 32.9 Å². The highest BCUT2D eigenvalue weighted by atomic mass is 35.7. The van der Waals surface area contributed by atoms with Crippen molar-refractivity contribution in [2.45, 2.75) is 23.8 Å². The Morgan fingerprint density at radius 1 is 0.871 bits per heavy atom. The van der Waals surface area contributed by atoms with Crippen molar-refractivity contribution in [3.05, 3.63) is 98.7 Å². The molecule has 3 aliphatic rings. The lowest BCUT2D eigenvalue weighted by molar-refractivity contribution is -2.00. The van der Waals surface area contributed by atoms with E-state index in [-0.39, 0.29) is 11.3 Å². The van der Waals surface area contributed by atoms with Gasteiger partial charge in [0.05, 0.1) is 22.4 Å². The van der Waals surface area contributed by atoms with Gasteiger partial charge in [0, 0.05) is 46.3 Å². The molecule has 0 amide bonds. The first-order valence-electron chi connectivity index (χ1n) is 9.38. The van der Waals surface area contributed by atoms with Crippen molar-refractivity contribution in [3.63, 3.8) is 0 Å². The Hall–Kier alpha value is -2.24. The van der Waals surface area contributed by atoms with Gasteiger partial charge in [-0.25, -0.2) is 18.6 Å². The number of thiazole rings is 2. The first kappa shape index (κ1) is 20.7. The summed E-state index contributed by atoms with van der Waals surface area (Å²) in [5.41, 5.74) is 8.16. The van der Waals surface area contributed by atoms with Gasteiger partial charge in [0.15, 0.2) is 17.9 Å². The van der Waals surface area contributed by atoms with Crippen molar-refractivity contribution in [2.75, 3.05) is 0 Å². The second-order valence-electron chi connectivity index (χ2n) is 7.40. The lowest BCUT2D eigenvalue weighted by atomic mass is 9.57. The standard InChI is InChI=1S/C21H16N3S2.ClHO4/c1-2-6-15-14(5-1)17-9-21(18-10-22-12-25-18,19-11-23-13-26-19)20(15)16-7-3-4-8-24(16)17;2-1(3,4)5/h1-8,10-13,17,20H,9H2;(H,2,3,4,5)/q+1;/p-1. The maximum atomic E-state index is 8.49. The molecule has 0 spiro atoms. The smallest absolute Gasteiger partial charge is 0.190 e. The highest BCUT2D eigenvalue weighted by Gasteiger charge is 2.60. The van der Waals surface area contributed by atoms with Gasteiger partial charge in [-0.2, -0.15) is 4.57 Å². The molecule has 1 aliphatic carbocycles. The van der Waals surface area contributed by atoms with Gasteiger partial charge in [-0.3, -0.25) is 9.97 Å². The molecule has 2 unspecified atom stereocenters. The normalized spacial score (nSPS) is 20.4. The second kappa shape index (κ2) is 7.72. The molecule has 2 bridgehead atoms. The van der Waals surface area contributed by atoms with Crippen LogP contribution in [-0.4, -0.2) is 9.97 Å². The van der Waals surface area contributed by atoms with Crippen molar-refractivity contribution in [1.82, 2.24) is 9.97 Å². The predicted octanol–water partition coefficient (Wildman–Crippen LogP) is -0.444. The maximum Gasteiger partial charge on any atom is 0.190 e. The van der Waals surface area contributed by atoms with E-state index in [1.54, 1.807) is 22.7 Å². The van der Waals surface area contributed by atoms with Crippen molar-refractivity contribution < 1.29 is 33.4 Å². The third kappa shape index (κ3) is 3.48. The minimum Gasteiger partial charge on any atom is -0.253 e. The summed E-state index contributed by atoms with van der Waals surface area (Å²) in [4.78, 5) is 11.6. The number of pyridine rings is 1. The molecule has 2 aliphatic heterocycles. The molecule has 4 aromatic rings. The summed E-state index contributed by atoms with van der Waals surface area (Å²) in [5.74, 6) is 0.283. The molecule has 158 valence electrons. The molecule has 1 aromatic carbocycles. The largest absolute Gasteiger partial charge is 0.253 e. The number of aromatic nitrogens is 3. The Morgan fingerprint density at radius 3 is 2.03 bits per heavy atom. The Balaban J connectivity index is 0.000000371. The van der Waals surface area contributed by atoms with E-state index in [0.717, 1.165) is 6.42 Å². The van der Waals surface area contributed by atoms with Gasteiger partial charge in [-0.05, 0) is 5.56 Å². The molecule has 7 nitrogen and oxygen atoms in total. The van der Waals surface area contributed by atoms with Gasteiger partial charge in [0.2, 0.25) is 0 Å². The minimum atomic E-state index is -4.94. The molecule has 2 atom stereocenters. The van der Waals surface area contributed by atoms with Gasteiger partial charge in [-0.1, -0.05) is 30.3 Å². The van der Waals surface area contributed by atoms with Crippen LogP contribution in [0.15, 0.2) is 72.1 Å². The summed E-state index contributed by atoms with van der Waals surface area (Å²) in [6.07, 6.45) is 7.44. The lowest BCUT2D eigenvalue weighted by Gasteiger charge is -2.48. The molecular formula is C21H16ClN3O4S2. The summed E-state index contributed by atoms with van der Waals surface area (Å²) < 4.78 is 36.5. The van der Waals surface area contributed by atoms with Crippen molar-refractivity contribution in [3.8, 4) is 0 Å². The van der Waals surface area contributed by atoms with Gasteiger partial charge in [0.1, 0.15) is 0 Å². The van der Waals surface area contributed by atoms with Crippen LogP contribution in [0, 0.1) is 10.2 Å². The molecule has 0 saturated heterocycles. The number of fused-ring (bicyclic) bond motifs is 1. The van der Waals surface area contributed by atoms with Crippen molar-refractivity contribution in [2.24, 2.45) is 0 Å². The number of benzene rings is 1. The molecule has 3 aromatic heterocycles. The third-order valence-electron chi connectivity index (χ3n) is 5.97. The average molecular weight is 474 g/mol. The molecular weight excluding hydrogens is 458 g/mol. The summed E-state index contributed by atoms with van der Waals surface area (Å²) in [6, 6.07) is 15.9. The number of hydrogen-bond donors (Lipinski definition) is 0. The van der Waals surface area contributed by atoms with Gasteiger partial charge < -0.3 is 0 Å². The van der Waals surface area contributed by atoms with E-state index >= 15 is 0 Å². The van der Waals surface area contributed by atoms with Crippen LogP contribution < -0.4 is 23.2 Å². The zero-order valence-corrected chi connectivity index (χ0v) is 18.3. The number of rotatable bonds is 2. The Morgan fingerprint density at radius 2 is 1.45 bits per heavy atom. The van der Waals surface area contributed by atoms with Crippen LogP contribution >= 0.6 is 22.7 Å². The van der Waals surface area contributed by atoms with Crippen LogP contribution in [0.5, 0.6) is 0 Å². The fourth-order valence-electron chi connectivity index (χ4n) is 5.01. The van der Waals surface area contributed by atoms with Gasteiger partial charge in [0.25, 0.3) is 0 Å². The summed E-state index contributed by atoms with van der Waals surface area (Å²) >= 11 is 3.55. The van der Waals surface area contributed by atoms with Crippen LogP contribution in [0.2, 0.25) is 0 Å². The average Bonchev–Trinajstić information content (AvgIpc) is 3.47. The van der Waals surface area contributed by atoms with Crippen molar-refractivity contribution >= 4 is 22.7 Å². The van der Waals surface area contributed by atoms with Crippen LogP contribution in [-0.2, 0) is 5.41 Å². The summed E-state index contributed by atoms with van der Waals surface area (Å²) in [5, 5.41) is 0. The van der Waals surface area contributed by atoms with Crippen LogP contribution in [0.1, 0.15) is 45.0 Å². The topological polar surface area (TPSA) is 122 Å². The molecule has 0 radical (unpaired) electrons. The molecule has 0 saturated carbocycles. The quantitative estimate of drug-likeness (QED) is 0.364. The monoisotopic (exact) mass is 473 g/mol. The van der Waals surface area contributed by atoms with E-state index in [1.165, 1.54) is 26.6 Å². The molecule has 5 heterocycles. The molecule has 0 fully saturated rings. The first-order chi connectivity index (χ1) is 14.9. The number of hydrogen-bond acceptors (Lipinski definition) is 8. The van der Waals surface area contributed by atoms with E-state index in [2.05, 4.69) is 75.6 Å². The Kier molecular flexibility index (Phi) is 5.14. The second-order valence-corrected chi connectivity index (χ2v) is 9.92. The maximum absolute atomic E-state index is 8.49. The van der Waals surface area contributed by atoms with E-state index in [1.807, 2.05) is 11.0 Å². The number of nitrogens with zero attached hydrogens (tertiary/aromatic N) is 3. The number of halogens is 1. The lowest BCUT2D eigenvalue weighted by Crippen LogP contribution is -2.68. The van der Waals surface area contributed by atoms with E-state index < -0.39 is 10.2 Å². The zero-order valence-electron chi connectivity index (χ0n) is 16.0. The minimum absolute atomic E-state index is 0.0806. The van der Waals surface area contributed by atoms with Crippen molar-refractivity contribution in [1.29, 1.82) is 0 Å². The fourth-order valence-corrected chi connectivity index (χ4v) is 6.83. The third-order valence-corrected chi connectivity index (χ3v) is 7.87. The van der Waals surface area contributed by atoms with E-state index in [9.17, 15) is 0 Å². The predicted molar refractivity (Wildman–Crippen MR) is 103 cm³/mol. The summed E-state index contributed by atoms with van der Waals surface area (Å²) in [6.45, 7) is 0. The van der Waals surface area contributed by atoms with Crippen LogP contribution in [0.4, 0.5) is 0 Å². The fraction of sp³-hybridized carbons (Fsp3) is 0.190.